The number of carbonyl (C=O) groups is 1. The van der Waals surface area contributed by atoms with Crippen LogP contribution < -0.4 is 5.32 Å². The minimum absolute atomic E-state index is 0.172. The average molecular weight is 259 g/mol. The van der Waals surface area contributed by atoms with E-state index in [1.54, 1.807) is 27.1 Å². The van der Waals surface area contributed by atoms with Gasteiger partial charge in [0, 0.05) is 25.7 Å². The first kappa shape index (κ1) is 13.8. The molecular formula is C12H16ClFN2O. The van der Waals surface area contributed by atoms with E-state index < -0.39 is 0 Å². The normalized spacial score (nSPS) is 10.2. The van der Waals surface area contributed by atoms with Gasteiger partial charge in [0.15, 0.2) is 0 Å². The minimum atomic E-state index is -0.271. The maximum atomic E-state index is 13.4. The Kier molecular flexibility index (Phi) is 4.75. The lowest BCUT2D eigenvalue weighted by atomic mass is 10.1. The highest BCUT2D eigenvalue weighted by molar-refractivity contribution is 6.31. The van der Waals surface area contributed by atoms with E-state index >= 15 is 0 Å². The molecule has 3 nitrogen and oxygen atoms in total. The van der Waals surface area contributed by atoms with Gasteiger partial charge >= 0.3 is 6.03 Å². The number of hydrogen-bond donors (Lipinski definition) is 1. The van der Waals surface area contributed by atoms with Crippen LogP contribution in [0.25, 0.3) is 0 Å². The van der Waals surface area contributed by atoms with Crippen molar-refractivity contribution in [1.82, 2.24) is 10.2 Å². The quantitative estimate of drug-likeness (QED) is 0.888. The number of nitrogens with zero attached hydrogens (tertiary/aromatic N) is 1. The number of hydrogen-bond acceptors (Lipinski definition) is 1. The van der Waals surface area contributed by atoms with Gasteiger partial charge in [0.2, 0.25) is 0 Å². The van der Waals surface area contributed by atoms with E-state index in [0.29, 0.717) is 29.1 Å². The molecule has 0 atom stereocenters. The van der Waals surface area contributed by atoms with E-state index in [9.17, 15) is 9.18 Å². The summed E-state index contributed by atoms with van der Waals surface area (Å²) >= 11 is 6.01. The maximum Gasteiger partial charge on any atom is 0.316 e. The molecule has 0 bridgehead atoms. The molecule has 94 valence electrons. The molecule has 0 aliphatic rings. The molecule has 0 unspecified atom stereocenters. The predicted octanol–water partition coefficient (Wildman–Crippen LogP) is 2.60. The molecule has 2 amide bonds. The van der Waals surface area contributed by atoms with E-state index in [1.807, 2.05) is 0 Å². The third-order valence-corrected chi connectivity index (χ3v) is 2.96. The number of nitrogens with one attached hydrogen (secondary N) is 1. The summed E-state index contributed by atoms with van der Waals surface area (Å²) < 4.78 is 13.4. The first-order chi connectivity index (χ1) is 7.95. The summed E-state index contributed by atoms with van der Waals surface area (Å²) in [5.41, 5.74) is 1.24. The lowest BCUT2D eigenvalue weighted by molar-refractivity contribution is 0.211. The molecular weight excluding hydrogens is 243 g/mol. The second-order valence-corrected chi connectivity index (χ2v) is 4.33. The molecule has 0 aliphatic heterocycles. The molecule has 0 saturated carbocycles. The van der Waals surface area contributed by atoms with Crippen LogP contribution in [0.3, 0.4) is 0 Å². The van der Waals surface area contributed by atoms with Crippen molar-refractivity contribution < 1.29 is 9.18 Å². The number of halogens is 2. The van der Waals surface area contributed by atoms with Crippen molar-refractivity contribution in [3.63, 3.8) is 0 Å². The molecule has 1 aromatic carbocycles. The van der Waals surface area contributed by atoms with E-state index in [-0.39, 0.29) is 11.8 Å². The average Bonchev–Trinajstić information content (AvgIpc) is 2.30. The van der Waals surface area contributed by atoms with Crippen LogP contribution in [-0.2, 0) is 6.42 Å². The highest BCUT2D eigenvalue weighted by Gasteiger charge is 2.09. The largest absolute Gasteiger partial charge is 0.341 e. The molecule has 1 aromatic rings. The Morgan fingerprint density at radius 2 is 2.18 bits per heavy atom. The number of aryl methyl sites for hydroxylation is 1. The van der Waals surface area contributed by atoms with Crippen LogP contribution in [0.4, 0.5) is 9.18 Å². The zero-order valence-electron chi connectivity index (χ0n) is 10.2. The second-order valence-electron chi connectivity index (χ2n) is 3.92. The first-order valence-corrected chi connectivity index (χ1v) is 5.71. The van der Waals surface area contributed by atoms with Crippen molar-refractivity contribution in [3.8, 4) is 0 Å². The molecule has 1 N–H and O–H groups in total. The van der Waals surface area contributed by atoms with Crippen molar-refractivity contribution >= 4 is 17.6 Å². The van der Waals surface area contributed by atoms with Gasteiger partial charge in [-0.2, -0.15) is 0 Å². The van der Waals surface area contributed by atoms with Crippen LogP contribution in [0, 0.1) is 12.7 Å². The summed E-state index contributed by atoms with van der Waals surface area (Å²) in [4.78, 5) is 12.8. The molecule has 0 spiro atoms. The van der Waals surface area contributed by atoms with Crippen LogP contribution in [0.2, 0.25) is 5.02 Å². The smallest absolute Gasteiger partial charge is 0.316 e. The first-order valence-electron chi connectivity index (χ1n) is 5.33. The van der Waals surface area contributed by atoms with Crippen LogP contribution in [0.1, 0.15) is 11.1 Å². The van der Waals surface area contributed by atoms with Crippen molar-refractivity contribution in [2.75, 3.05) is 20.6 Å². The lowest BCUT2D eigenvalue weighted by Crippen LogP contribution is -2.36. The number of likely N-dealkylation sites (N-methyl/N-ethyl adjacent to an activating group) is 1. The molecule has 0 aromatic heterocycles. The van der Waals surface area contributed by atoms with Crippen molar-refractivity contribution in [3.05, 3.63) is 34.1 Å². The maximum absolute atomic E-state index is 13.4. The predicted molar refractivity (Wildman–Crippen MR) is 66.9 cm³/mol. The van der Waals surface area contributed by atoms with Gasteiger partial charge in [-0.25, -0.2) is 9.18 Å². The fourth-order valence-corrected chi connectivity index (χ4v) is 1.77. The Morgan fingerprint density at radius 1 is 1.53 bits per heavy atom. The highest BCUT2D eigenvalue weighted by Crippen LogP contribution is 2.21. The Balaban J connectivity index is 2.70. The zero-order valence-corrected chi connectivity index (χ0v) is 10.9. The molecule has 1 rings (SSSR count). The SMILES string of the molecule is CNC(=O)N(C)CCc1cc(F)c(C)cc1Cl. The summed E-state index contributed by atoms with van der Waals surface area (Å²) in [5, 5.41) is 3.05. The monoisotopic (exact) mass is 258 g/mol. The Labute approximate surface area is 106 Å². The minimum Gasteiger partial charge on any atom is -0.341 e. The molecule has 17 heavy (non-hydrogen) atoms. The summed E-state index contributed by atoms with van der Waals surface area (Å²) in [6.45, 7) is 2.16. The summed E-state index contributed by atoms with van der Waals surface area (Å²) in [7, 11) is 3.24. The van der Waals surface area contributed by atoms with Gasteiger partial charge in [0.05, 0.1) is 0 Å². The van der Waals surface area contributed by atoms with Gasteiger partial charge in [0.1, 0.15) is 5.82 Å². The van der Waals surface area contributed by atoms with Gasteiger partial charge in [-0.05, 0) is 36.6 Å². The number of benzene rings is 1. The van der Waals surface area contributed by atoms with Gasteiger partial charge in [-0.3, -0.25) is 0 Å². The van der Waals surface area contributed by atoms with Crippen LogP contribution in [-0.4, -0.2) is 31.6 Å². The second kappa shape index (κ2) is 5.87. The van der Waals surface area contributed by atoms with E-state index in [0.717, 1.165) is 0 Å². The highest BCUT2D eigenvalue weighted by atomic mass is 35.5. The fraction of sp³-hybridized carbons (Fsp3) is 0.417. The third-order valence-electron chi connectivity index (χ3n) is 2.60. The van der Waals surface area contributed by atoms with Crippen molar-refractivity contribution in [2.45, 2.75) is 13.3 Å². The van der Waals surface area contributed by atoms with Gasteiger partial charge in [-0.15, -0.1) is 0 Å². The van der Waals surface area contributed by atoms with Crippen molar-refractivity contribution in [2.24, 2.45) is 0 Å². The Bertz CT molecular complexity index is 423. The number of carbonyl (C=O) groups excluding carboxylic acids is 1. The standard InChI is InChI=1S/C12H16ClFN2O/c1-8-6-10(13)9(7-11(8)14)4-5-16(3)12(17)15-2/h6-7H,4-5H2,1-3H3,(H,15,17). The summed E-state index contributed by atoms with van der Waals surface area (Å²) in [6.07, 6.45) is 0.528. The van der Waals surface area contributed by atoms with E-state index in [4.69, 9.17) is 11.6 Å². The Morgan fingerprint density at radius 3 is 2.76 bits per heavy atom. The molecule has 0 heterocycles. The molecule has 0 aliphatic carbocycles. The zero-order chi connectivity index (χ0) is 13.0. The van der Waals surface area contributed by atoms with Gasteiger partial charge in [-0.1, -0.05) is 11.6 Å². The third kappa shape index (κ3) is 3.60. The molecule has 0 saturated heterocycles. The molecule has 5 heteroatoms. The van der Waals surface area contributed by atoms with Crippen LogP contribution in [0.15, 0.2) is 12.1 Å². The van der Waals surface area contributed by atoms with Crippen molar-refractivity contribution in [1.29, 1.82) is 0 Å². The van der Waals surface area contributed by atoms with Crippen LogP contribution >= 0.6 is 11.6 Å². The van der Waals surface area contributed by atoms with Gasteiger partial charge < -0.3 is 10.2 Å². The van der Waals surface area contributed by atoms with Crippen LogP contribution in [0.5, 0.6) is 0 Å². The summed E-state index contributed by atoms with van der Waals surface area (Å²) in [5.74, 6) is -0.271. The van der Waals surface area contributed by atoms with E-state index in [2.05, 4.69) is 5.32 Å². The lowest BCUT2D eigenvalue weighted by Gasteiger charge is -2.16. The fourth-order valence-electron chi connectivity index (χ4n) is 1.46. The summed E-state index contributed by atoms with van der Waals surface area (Å²) in [6, 6.07) is 2.86. The topological polar surface area (TPSA) is 32.3 Å². The molecule has 0 fully saturated rings. The number of amides is 2. The number of rotatable bonds is 3. The Hall–Kier alpha value is -1.29. The van der Waals surface area contributed by atoms with E-state index in [1.165, 1.54) is 11.0 Å². The van der Waals surface area contributed by atoms with Gasteiger partial charge in [0.25, 0.3) is 0 Å². The number of urea groups is 1. The molecule has 0 radical (unpaired) electrons.